The number of fused-ring (bicyclic) bond motifs is 1. The summed E-state index contributed by atoms with van der Waals surface area (Å²) in [6.07, 6.45) is 4.30. The number of esters is 1. The number of methoxy groups -OCH3 is 1. The molecule has 7 heteroatoms. The Labute approximate surface area is 121 Å². The van der Waals surface area contributed by atoms with Crippen molar-refractivity contribution in [3.8, 4) is 0 Å². The van der Waals surface area contributed by atoms with Gasteiger partial charge in [-0.15, -0.1) is 12.4 Å². The van der Waals surface area contributed by atoms with E-state index in [1.54, 1.807) is 22.8 Å². The summed E-state index contributed by atoms with van der Waals surface area (Å²) < 4.78 is 6.38. The number of aromatic amines is 1. The van der Waals surface area contributed by atoms with Crippen LogP contribution in [-0.4, -0.2) is 27.7 Å². The summed E-state index contributed by atoms with van der Waals surface area (Å²) >= 11 is 0. The molecule has 6 nitrogen and oxygen atoms in total. The van der Waals surface area contributed by atoms with Crippen LogP contribution in [0, 0.1) is 5.92 Å². The van der Waals surface area contributed by atoms with E-state index in [9.17, 15) is 9.59 Å². The zero-order valence-electron chi connectivity index (χ0n) is 11.0. The second kappa shape index (κ2) is 5.66. The Bertz CT molecular complexity index is 679. The molecule has 1 saturated carbocycles. The minimum atomic E-state index is -0.224. The smallest absolute Gasteiger partial charge is 0.309 e. The van der Waals surface area contributed by atoms with Crippen LogP contribution in [0.1, 0.15) is 31.0 Å². The summed E-state index contributed by atoms with van der Waals surface area (Å²) in [6, 6.07) is 3.48. The Morgan fingerprint density at radius 2 is 2.30 bits per heavy atom. The highest BCUT2D eigenvalue weighted by Crippen LogP contribution is 2.38. The Balaban J connectivity index is 0.00000147. The van der Waals surface area contributed by atoms with E-state index in [-0.39, 0.29) is 35.8 Å². The number of carbonyl (C=O) groups excluding carboxylic acids is 1. The van der Waals surface area contributed by atoms with E-state index in [1.165, 1.54) is 7.11 Å². The molecular weight excluding hydrogens is 282 g/mol. The molecule has 108 valence electrons. The Hall–Kier alpha value is -1.82. The first-order chi connectivity index (χ1) is 9.20. The highest BCUT2D eigenvalue weighted by atomic mass is 35.5. The molecule has 0 bridgehead atoms. The van der Waals surface area contributed by atoms with E-state index in [1.807, 2.05) is 0 Å². The Kier molecular flexibility index (Phi) is 4.13. The summed E-state index contributed by atoms with van der Waals surface area (Å²) in [5.41, 5.74) is 0.335. The number of H-pyrrole nitrogens is 1. The minimum Gasteiger partial charge on any atom is -0.469 e. The van der Waals surface area contributed by atoms with Crippen molar-refractivity contribution in [1.29, 1.82) is 0 Å². The molecule has 2 aromatic rings. The molecule has 1 aliphatic carbocycles. The van der Waals surface area contributed by atoms with Gasteiger partial charge in [-0.1, -0.05) is 6.42 Å². The molecule has 1 fully saturated rings. The molecule has 1 aliphatic rings. The summed E-state index contributed by atoms with van der Waals surface area (Å²) in [5.74, 6) is 0.0764. The molecule has 3 rings (SSSR count). The molecule has 0 aromatic carbocycles. The largest absolute Gasteiger partial charge is 0.469 e. The lowest BCUT2D eigenvalue weighted by Crippen LogP contribution is -2.24. The van der Waals surface area contributed by atoms with E-state index < -0.39 is 0 Å². The molecule has 0 saturated heterocycles. The molecule has 0 aliphatic heterocycles. The fourth-order valence-corrected chi connectivity index (χ4v) is 2.85. The summed E-state index contributed by atoms with van der Waals surface area (Å²) in [7, 11) is 1.39. The van der Waals surface area contributed by atoms with Crippen LogP contribution in [0.25, 0.3) is 5.52 Å². The van der Waals surface area contributed by atoms with Crippen molar-refractivity contribution in [2.75, 3.05) is 7.11 Å². The van der Waals surface area contributed by atoms with Crippen LogP contribution >= 0.6 is 12.4 Å². The molecule has 1 unspecified atom stereocenters. The first-order valence-corrected chi connectivity index (χ1v) is 6.36. The van der Waals surface area contributed by atoms with Gasteiger partial charge in [-0.05, 0) is 25.0 Å². The second-order valence-corrected chi connectivity index (χ2v) is 4.84. The van der Waals surface area contributed by atoms with Gasteiger partial charge in [0.2, 0.25) is 0 Å². The molecule has 0 radical (unpaired) electrons. The molecule has 0 amide bonds. The van der Waals surface area contributed by atoms with Crippen molar-refractivity contribution in [1.82, 2.24) is 14.6 Å². The fourth-order valence-electron chi connectivity index (χ4n) is 2.85. The Morgan fingerprint density at radius 1 is 1.50 bits per heavy atom. The van der Waals surface area contributed by atoms with Gasteiger partial charge in [0.15, 0.2) is 0 Å². The monoisotopic (exact) mass is 297 g/mol. The highest BCUT2D eigenvalue weighted by Gasteiger charge is 2.36. The van der Waals surface area contributed by atoms with Gasteiger partial charge in [0, 0.05) is 12.1 Å². The number of rotatable bonds is 2. The summed E-state index contributed by atoms with van der Waals surface area (Å²) in [6.45, 7) is 0. The molecule has 0 spiro atoms. The Morgan fingerprint density at radius 3 is 3.05 bits per heavy atom. The van der Waals surface area contributed by atoms with Crippen molar-refractivity contribution in [2.45, 2.75) is 25.2 Å². The van der Waals surface area contributed by atoms with Gasteiger partial charge in [-0.3, -0.25) is 9.59 Å². The number of hydrogen-bond donors (Lipinski definition) is 1. The van der Waals surface area contributed by atoms with E-state index in [0.29, 0.717) is 11.3 Å². The lowest BCUT2D eigenvalue weighted by molar-refractivity contribution is -0.145. The molecule has 2 heterocycles. The zero-order valence-corrected chi connectivity index (χ0v) is 11.9. The lowest BCUT2D eigenvalue weighted by Gasteiger charge is -2.16. The molecule has 2 atom stereocenters. The topological polar surface area (TPSA) is 76.5 Å². The number of halogens is 1. The number of carbonyl (C=O) groups is 1. The van der Waals surface area contributed by atoms with E-state index in [0.717, 1.165) is 19.3 Å². The summed E-state index contributed by atoms with van der Waals surface area (Å²) in [5, 5.41) is 4.40. The van der Waals surface area contributed by atoms with Crippen LogP contribution in [0.3, 0.4) is 0 Å². The standard InChI is InChI=1S/C13H15N3O3.ClH/c1-19-13(18)9-5-2-4-8(9)11-14-12(17)10-6-3-7-16(10)15-11;/h3,6-9H,2,4-5H2,1H3,(H,14,15,17);1H/t8?,9-;/m0./s1. The van der Waals surface area contributed by atoms with Crippen molar-refractivity contribution in [3.05, 3.63) is 34.5 Å². The molecular formula is C13H16ClN3O3. The number of nitrogens with one attached hydrogen (secondary N) is 1. The van der Waals surface area contributed by atoms with E-state index >= 15 is 0 Å². The average molecular weight is 298 g/mol. The van der Waals surface area contributed by atoms with Crippen LogP contribution in [0.4, 0.5) is 0 Å². The summed E-state index contributed by atoms with van der Waals surface area (Å²) in [4.78, 5) is 26.5. The number of ether oxygens (including phenoxy) is 1. The average Bonchev–Trinajstić information content (AvgIpc) is 3.05. The van der Waals surface area contributed by atoms with Gasteiger partial charge in [0.05, 0.1) is 13.0 Å². The van der Waals surface area contributed by atoms with Gasteiger partial charge in [-0.2, -0.15) is 5.10 Å². The van der Waals surface area contributed by atoms with Crippen LogP contribution < -0.4 is 5.56 Å². The number of aromatic nitrogens is 3. The van der Waals surface area contributed by atoms with Crippen LogP contribution in [0.2, 0.25) is 0 Å². The normalized spacial score (nSPS) is 21.6. The van der Waals surface area contributed by atoms with E-state index in [4.69, 9.17) is 4.74 Å². The van der Waals surface area contributed by atoms with Crippen LogP contribution in [0.5, 0.6) is 0 Å². The number of hydrogen-bond acceptors (Lipinski definition) is 4. The van der Waals surface area contributed by atoms with Gasteiger partial charge >= 0.3 is 5.97 Å². The van der Waals surface area contributed by atoms with Crippen molar-refractivity contribution >= 4 is 23.9 Å². The minimum absolute atomic E-state index is 0. The maximum atomic E-state index is 11.9. The van der Waals surface area contributed by atoms with Crippen LogP contribution in [0.15, 0.2) is 23.1 Å². The van der Waals surface area contributed by atoms with Crippen molar-refractivity contribution in [3.63, 3.8) is 0 Å². The molecule has 20 heavy (non-hydrogen) atoms. The zero-order chi connectivity index (χ0) is 13.4. The van der Waals surface area contributed by atoms with E-state index in [2.05, 4.69) is 10.1 Å². The first-order valence-electron chi connectivity index (χ1n) is 6.36. The first kappa shape index (κ1) is 14.6. The number of nitrogens with zero attached hydrogens (tertiary/aromatic N) is 2. The second-order valence-electron chi connectivity index (χ2n) is 4.84. The fraction of sp³-hybridized carbons (Fsp3) is 0.462. The van der Waals surface area contributed by atoms with Gasteiger partial charge in [-0.25, -0.2) is 4.52 Å². The quantitative estimate of drug-likeness (QED) is 0.852. The maximum absolute atomic E-state index is 11.9. The predicted octanol–water partition coefficient (Wildman–Crippen LogP) is 1.50. The third kappa shape index (κ3) is 2.31. The third-order valence-corrected chi connectivity index (χ3v) is 3.79. The SMILES string of the molecule is COC(=O)[C@H]1CCCC1c1nn2cccc2c(=O)[nH]1.Cl. The highest BCUT2D eigenvalue weighted by molar-refractivity contribution is 5.85. The van der Waals surface area contributed by atoms with Gasteiger partial charge in [0.1, 0.15) is 11.3 Å². The van der Waals surface area contributed by atoms with Crippen LogP contribution in [-0.2, 0) is 9.53 Å². The molecule has 1 N–H and O–H groups in total. The van der Waals surface area contributed by atoms with Crippen molar-refractivity contribution < 1.29 is 9.53 Å². The van der Waals surface area contributed by atoms with Gasteiger partial charge in [0.25, 0.3) is 5.56 Å². The predicted molar refractivity (Wildman–Crippen MR) is 75.2 cm³/mol. The third-order valence-electron chi connectivity index (χ3n) is 3.79. The lowest BCUT2D eigenvalue weighted by atomic mass is 9.95. The maximum Gasteiger partial charge on any atom is 0.309 e. The molecule has 2 aromatic heterocycles. The van der Waals surface area contributed by atoms with Gasteiger partial charge < -0.3 is 9.72 Å². The van der Waals surface area contributed by atoms with Crippen molar-refractivity contribution in [2.24, 2.45) is 5.92 Å².